The molecule has 0 saturated carbocycles. The summed E-state index contributed by atoms with van der Waals surface area (Å²) in [5.41, 5.74) is 1.62. The summed E-state index contributed by atoms with van der Waals surface area (Å²) < 4.78 is 0. The summed E-state index contributed by atoms with van der Waals surface area (Å²) in [6, 6.07) is 6.64. The fraction of sp³-hybridized carbons (Fsp3) is 0.133. The third kappa shape index (κ3) is 3.03. The normalized spacial score (nSPS) is 10.8. The van der Waals surface area contributed by atoms with Crippen LogP contribution in [0.2, 0.25) is 5.02 Å². The number of amides is 1. The monoisotopic (exact) mass is 333 g/mol. The van der Waals surface area contributed by atoms with Crippen molar-refractivity contribution in [3.63, 3.8) is 0 Å². The van der Waals surface area contributed by atoms with E-state index in [9.17, 15) is 9.59 Å². The highest BCUT2D eigenvalue weighted by atomic mass is 35.5. The average molecular weight is 334 g/mol. The molecule has 0 spiro atoms. The van der Waals surface area contributed by atoms with Crippen molar-refractivity contribution in [3.8, 4) is 0 Å². The number of thiazole rings is 1. The Kier molecular flexibility index (Phi) is 3.96. The predicted octanol–water partition coefficient (Wildman–Crippen LogP) is 2.88. The molecular formula is C15H12ClN3O2S. The fourth-order valence-corrected chi connectivity index (χ4v) is 3.02. The van der Waals surface area contributed by atoms with Gasteiger partial charge >= 0.3 is 0 Å². The number of aromatic nitrogens is 2. The van der Waals surface area contributed by atoms with E-state index in [2.05, 4.69) is 15.3 Å². The Hall–Kier alpha value is -2.18. The summed E-state index contributed by atoms with van der Waals surface area (Å²) in [6.07, 6.45) is 0. The highest BCUT2D eigenvalue weighted by Gasteiger charge is 2.11. The number of rotatable bonds is 3. The first kappa shape index (κ1) is 14.7. The first-order valence-electron chi connectivity index (χ1n) is 6.55. The summed E-state index contributed by atoms with van der Waals surface area (Å²) in [5.74, 6) is -0.254. The lowest BCUT2D eigenvalue weighted by Gasteiger charge is -2.08. The van der Waals surface area contributed by atoms with E-state index in [0.717, 1.165) is 16.0 Å². The van der Waals surface area contributed by atoms with Crippen LogP contribution in [0.4, 0.5) is 0 Å². The number of nitrogens with zero attached hydrogens (tertiary/aromatic N) is 1. The molecule has 2 aromatic heterocycles. The van der Waals surface area contributed by atoms with Crippen LogP contribution in [0.25, 0.3) is 10.9 Å². The summed E-state index contributed by atoms with van der Waals surface area (Å²) in [7, 11) is 0. The van der Waals surface area contributed by atoms with Crippen LogP contribution < -0.4 is 10.9 Å². The Morgan fingerprint density at radius 3 is 2.95 bits per heavy atom. The highest BCUT2D eigenvalue weighted by molar-refractivity contribution is 7.09. The van der Waals surface area contributed by atoms with Crippen molar-refractivity contribution in [2.24, 2.45) is 0 Å². The Bertz CT molecular complexity index is 917. The third-order valence-corrected chi connectivity index (χ3v) is 4.16. The van der Waals surface area contributed by atoms with Gasteiger partial charge in [0.05, 0.1) is 10.5 Å². The van der Waals surface area contributed by atoms with Crippen LogP contribution in [-0.2, 0) is 6.54 Å². The van der Waals surface area contributed by atoms with Crippen LogP contribution in [0, 0.1) is 6.92 Å². The molecule has 3 aromatic rings. The molecule has 0 radical (unpaired) electrons. The number of aryl methyl sites for hydroxylation is 1. The molecule has 0 atom stereocenters. The molecular weight excluding hydrogens is 322 g/mol. The van der Waals surface area contributed by atoms with Crippen LogP contribution >= 0.6 is 22.9 Å². The van der Waals surface area contributed by atoms with Gasteiger partial charge in [0.25, 0.3) is 5.91 Å². The van der Waals surface area contributed by atoms with Gasteiger partial charge in [-0.3, -0.25) is 9.59 Å². The number of hydrogen-bond acceptors (Lipinski definition) is 4. The van der Waals surface area contributed by atoms with E-state index in [4.69, 9.17) is 11.6 Å². The molecule has 0 aliphatic carbocycles. The Balaban J connectivity index is 1.88. The molecule has 2 N–H and O–H groups in total. The molecule has 22 heavy (non-hydrogen) atoms. The lowest BCUT2D eigenvalue weighted by atomic mass is 10.1. The second-order valence-corrected chi connectivity index (χ2v) is 6.28. The number of H-pyrrole nitrogens is 1. The number of aromatic amines is 1. The van der Waals surface area contributed by atoms with Gasteiger partial charge in [-0.1, -0.05) is 11.6 Å². The molecule has 0 fully saturated rings. The number of hydrogen-bond donors (Lipinski definition) is 2. The first-order valence-corrected chi connectivity index (χ1v) is 7.80. The number of nitrogens with one attached hydrogen (secondary N) is 2. The maximum absolute atomic E-state index is 12.0. The van der Waals surface area contributed by atoms with E-state index in [0.29, 0.717) is 16.2 Å². The minimum Gasteiger partial charge on any atom is -0.347 e. The zero-order chi connectivity index (χ0) is 15.7. The molecule has 7 heteroatoms. The van der Waals surface area contributed by atoms with E-state index in [-0.39, 0.29) is 18.0 Å². The second-order valence-electron chi connectivity index (χ2n) is 4.79. The maximum atomic E-state index is 12.0. The molecule has 0 saturated heterocycles. The average Bonchev–Trinajstić information content (AvgIpc) is 2.91. The maximum Gasteiger partial charge on any atom is 0.271 e. The van der Waals surface area contributed by atoms with Crippen LogP contribution in [0.15, 0.2) is 34.4 Å². The fourth-order valence-electron chi connectivity index (χ4n) is 2.17. The van der Waals surface area contributed by atoms with Gasteiger partial charge in [-0.2, -0.15) is 0 Å². The molecule has 0 bridgehead atoms. The standard InChI is InChI=1S/C15H12ClN3O2S/c1-8-18-12(7-22-8)15(21)17-6-10-5-11(16)4-9-2-3-13(20)19-14(9)10/h2-5,7H,6H2,1H3,(H,17,21)(H,19,20). The van der Waals surface area contributed by atoms with E-state index in [1.54, 1.807) is 23.6 Å². The summed E-state index contributed by atoms with van der Waals surface area (Å²) in [6.45, 7) is 2.10. The van der Waals surface area contributed by atoms with Gasteiger partial charge < -0.3 is 10.3 Å². The van der Waals surface area contributed by atoms with Crippen LogP contribution in [0.5, 0.6) is 0 Å². The highest BCUT2D eigenvalue weighted by Crippen LogP contribution is 2.21. The molecule has 112 valence electrons. The van der Waals surface area contributed by atoms with Gasteiger partial charge in [0, 0.05) is 28.4 Å². The van der Waals surface area contributed by atoms with E-state index < -0.39 is 0 Å². The van der Waals surface area contributed by atoms with E-state index in [1.807, 2.05) is 6.92 Å². The third-order valence-electron chi connectivity index (χ3n) is 3.17. The number of benzene rings is 1. The van der Waals surface area contributed by atoms with Crippen molar-refractivity contribution < 1.29 is 4.79 Å². The molecule has 1 amide bonds. The van der Waals surface area contributed by atoms with Gasteiger partial charge in [0.2, 0.25) is 5.56 Å². The van der Waals surface area contributed by atoms with Crippen molar-refractivity contribution in [1.29, 1.82) is 0 Å². The van der Waals surface area contributed by atoms with E-state index in [1.165, 1.54) is 17.4 Å². The van der Waals surface area contributed by atoms with Crippen molar-refractivity contribution in [1.82, 2.24) is 15.3 Å². The molecule has 3 rings (SSSR count). The molecule has 1 aromatic carbocycles. The Morgan fingerprint density at radius 1 is 1.41 bits per heavy atom. The van der Waals surface area contributed by atoms with Crippen LogP contribution in [0.3, 0.4) is 0 Å². The minimum atomic E-state index is -0.254. The number of carbonyl (C=O) groups is 1. The van der Waals surface area contributed by atoms with E-state index >= 15 is 0 Å². The van der Waals surface area contributed by atoms with Crippen molar-refractivity contribution in [3.05, 3.63) is 61.3 Å². The summed E-state index contributed by atoms with van der Waals surface area (Å²) in [4.78, 5) is 30.5. The zero-order valence-corrected chi connectivity index (χ0v) is 13.2. The van der Waals surface area contributed by atoms with Gasteiger partial charge in [-0.15, -0.1) is 11.3 Å². The quantitative estimate of drug-likeness (QED) is 0.774. The lowest BCUT2D eigenvalue weighted by Crippen LogP contribution is -2.23. The Morgan fingerprint density at radius 2 is 2.23 bits per heavy atom. The topological polar surface area (TPSA) is 74.8 Å². The van der Waals surface area contributed by atoms with Crippen LogP contribution in [0.1, 0.15) is 21.1 Å². The second kappa shape index (κ2) is 5.90. The zero-order valence-electron chi connectivity index (χ0n) is 11.6. The smallest absolute Gasteiger partial charge is 0.271 e. The SMILES string of the molecule is Cc1nc(C(=O)NCc2cc(Cl)cc3ccc(=O)[nH]c23)cs1. The van der Waals surface area contributed by atoms with Crippen molar-refractivity contribution in [2.75, 3.05) is 0 Å². The van der Waals surface area contributed by atoms with Crippen molar-refractivity contribution in [2.45, 2.75) is 13.5 Å². The van der Waals surface area contributed by atoms with Gasteiger partial charge in [-0.25, -0.2) is 4.98 Å². The Labute approximate surface area is 135 Å². The van der Waals surface area contributed by atoms with Gasteiger partial charge in [-0.05, 0) is 30.7 Å². The number of pyridine rings is 1. The number of halogens is 1. The predicted molar refractivity (Wildman–Crippen MR) is 87.6 cm³/mol. The number of fused-ring (bicyclic) bond motifs is 1. The van der Waals surface area contributed by atoms with Crippen molar-refractivity contribution >= 4 is 39.7 Å². The summed E-state index contributed by atoms with van der Waals surface area (Å²) in [5, 5.41) is 6.71. The molecule has 0 aliphatic rings. The summed E-state index contributed by atoms with van der Waals surface area (Å²) >= 11 is 7.50. The van der Waals surface area contributed by atoms with Gasteiger partial charge in [0.1, 0.15) is 5.69 Å². The molecule has 5 nitrogen and oxygen atoms in total. The number of carbonyl (C=O) groups excluding carboxylic acids is 1. The minimum absolute atomic E-state index is 0.197. The molecule has 0 aliphatic heterocycles. The molecule has 0 unspecified atom stereocenters. The lowest BCUT2D eigenvalue weighted by molar-refractivity contribution is 0.0946. The molecule has 2 heterocycles. The first-order chi connectivity index (χ1) is 10.5. The largest absolute Gasteiger partial charge is 0.347 e. The van der Waals surface area contributed by atoms with Crippen LogP contribution in [-0.4, -0.2) is 15.9 Å². The van der Waals surface area contributed by atoms with Gasteiger partial charge in [0.15, 0.2) is 0 Å².